The van der Waals surface area contributed by atoms with Gasteiger partial charge in [0.05, 0.1) is 17.4 Å². The number of nitrogens with one attached hydrogen (secondary N) is 2. The zero-order valence-corrected chi connectivity index (χ0v) is 15.5. The molecule has 2 heterocycles. The van der Waals surface area contributed by atoms with Crippen LogP contribution in [0.1, 0.15) is 28.2 Å². The van der Waals surface area contributed by atoms with Crippen molar-refractivity contribution in [2.45, 2.75) is 20.3 Å². The highest BCUT2D eigenvalue weighted by molar-refractivity contribution is 7.91. The number of aromatic nitrogens is 1. The van der Waals surface area contributed by atoms with Gasteiger partial charge in [0, 0.05) is 22.6 Å². The summed E-state index contributed by atoms with van der Waals surface area (Å²) in [5.74, 6) is -1.69. The average molecular weight is 375 g/mol. The van der Waals surface area contributed by atoms with E-state index in [0.29, 0.717) is 5.56 Å². The van der Waals surface area contributed by atoms with E-state index in [9.17, 15) is 18.0 Å². The maximum atomic E-state index is 12.2. The van der Waals surface area contributed by atoms with Crippen molar-refractivity contribution in [2.75, 3.05) is 11.5 Å². The molecule has 0 radical (unpaired) electrons. The molecule has 0 bridgehead atoms. The third-order valence-electron chi connectivity index (χ3n) is 4.56. The van der Waals surface area contributed by atoms with Gasteiger partial charge in [0.2, 0.25) is 5.91 Å². The lowest BCUT2D eigenvalue weighted by atomic mass is 10.1. The van der Waals surface area contributed by atoms with E-state index in [1.807, 2.05) is 38.1 Å². The summed E-state index contributed by atoms with van der Waals surface area (Å²) in [4.78, 5) is 24.1. The van der Waals surface area contributed by atoms with E-state index in [0.717, 1.165) is 17.1 Å². The van der Waals surface area contributed by atoms with Crippen molar-refractivity contribution in [1.82, 2.24) is 15.4 Å². The van der Waals surface area contributed by atoms with E-state index in [1.165, 1.54) is 0 Å². The van der Waals surface area contributed by atoms with Crippen LogP contribution < -0.4 is 10.9 Å². The quantitative estimate of drug-likeness (QED) is 0.790. The van der Waals surface area contributed by atoms with Gasteiger partial charge >= 0.3 is 0 Å². The van der Waals surface area contributed by atoms with Crippen LogP contribution in [-0.2, 0) is 14.6 Å². The van der Waals surface area contributed by atoms with Crippen molar-refractivity contribution in [3.63, 3.8) is 0 Å². The Morgan fingerprint density at radius 1 is 1.00 bits per heavy atom. The Morgan fingerprint density at radius 3 is 2.15 bits per heavy atom. The zero-order valence-electron chi connectivity index (χ0n) is 14.7. The van der Waals surface area contributed by atoms with Crippen molar-refractivity contribution in [1.29, 1.82) is 0 Å². The molecule has 1 unspecified atom stereocenters. The molecule has 1 saturated heterocycles. The van der Waals surface area contributed by atoms with Gasteiger partial charge in [-0.3, -0.25) is 20.4 Å². The summed E-state index contributed by atoms with van der Waals surface area (Å²) in [5, 5.41) is 0. The molecule has 0 aliphatic carbocycles. The Kier molecular flexibility index (Phi) is 4.86. The Hall–Kier alpha value is -2.61. The molecule has 0 saturated carbocycles. The summed E-state index contributed by atoms with van der Waals surface area (Å²) in [6.07, 6.45) is 0.286. The minimum absolute atomic E-state index is 0.0126. The largest absolute Gasteiger partial charge is 0.319 e. The van der Waals surface area contributed by atoms with E-state index in [1.54, 1.807) is 12.1 Å². The van der Waals surface area contributed by atoms with Crippen LogP contribution in [0.25, 0.3) is 5.69 Å². The van der Waals surface area contributed by atoms with Gasteiger partial charge < -0.3 is 4.57 Å². The second-order valence-electron chi connectivity index (χ2n) is 6.54. The minimum atomic E-state index is -3.14. The molecule has 7 nitrogen and oxygen atoms in total. The number of hydrazine groups is 1. The lowest BCUT2D eigenvalue weighted by Crippen LogP contribution is -2.44. The van der Waals surface area contributed by atoms with Crippen molar-refractivity contribution in [3.05, 3.63) is 53.3 Å². The minimum Gasteiger partial charge on any atom is -0.319 e. The number of hydrogen-bond donors (Lipinski definition) is 2. The van der Waals surface area contributed by atoms with Crippen molar-refractivity contribution >= 4 is 21.7 Å². The van der Waals surface area contributed by atoms with E-state index < -0.39 is 27.6 Å². The van der Waals surface area contributed by atoms with Gasteiger partial charge in [-0.25, -0.2) is 8.42 Å². The number of sulfone groups is 1. The maximum absolute atomic E-state index is 12.2. The van der Waals surface area contributed by atoms with Crippen LogP contribution in [0.4, 0.5) is 0 Å². The second kappa shape index (κ2) is 6.95. The fraction of sp³-hybridized carbons (Fsp3) is 0.333. The first-order chi connectivity index (χ1) is 12.3. The highest BCUT2D eigenvalue weighted by atomic mass is 32.2. The fourth-order valence-electron chi connectivity index (χ4n) is 3.13. The first-order valence-electron chi connectivity index (χ1n) is 8.33. The van der Waals surface area contributed by atoms with E-state index >= 15 is 0 Å². The zero-order chi connectivity index (χ0) is 18.9. The molecule has 2 amide bonds. The Labute approximate surface area is 152 Å². The number of rotatable bonds is 3. The number of hydrogen-bond acceptors (Lipinski definition) is 4. The smallest absolute Gasteiger partial charge is 0.269 e. The molecule has 1 aromatic carbocycles. The van der Waals surface area contributed by atoms with Crippen LogP contribution in [0, 0.1) is 19.8 Å². The Balaban J connectivity index is 1.61. The van der Waals surface area contributed by atoms with Crippen molar-refractivity contribution < 1.29 is 18.0 Å². The van der Waals surface area contributed by atoms with Gasteiger partial charge in [-0.05, 0) is 56.7 Å². The molecule has 1 aliphatic rings. The monoisotopic (exact) mass is 375 g/mol. The molecule has 1 aliphatic heterocycles. The van der Waals surface area contributed by atoms with Crippen LogP contribution in [0.15, 0.2) is 36.4 Å². The Bertz CT molecular complexity index is 926. The number of carbonyl (C=O) groups is 2. The summed E-state index contributed by atoms with van der Waals surface area (Å²) in [7, 11) is -3.14. The van der Waals surface area contributed by atoms with Crippen LogP contribution in [-0.4, -0.2) is 36.3 Å². The van der Waals surface area contributed by atoms with E-state index in [4.69, 9.17) is 0 Å². The van der Waals surface area contributed by atoms with Gasteiger partial charge in [0.25, 0.3) is 5.91 Å². The van der Waals surface area contributed by atoms with Gasteiger partial charge in [-0.15, -0.1) is 0 Å². The third-order valence-corrected chi connectivity index (χ3v) is 6.33. The lowest BCUT2D eigenvalue weighted by Gasteiger charge is -2.12. The summed E-state index contributed by atoms with van der Waals surface area (Å²) in [5.41, 5.74) is 8.19. The SMILES string of the molecule is Cc1ccc(C)n1-c1ccc(C(=O)NNC(=O)C2CCS(=O)(=O)C2)cc1. The molecular weight excluding hydrogens is 354 g/mol. The second-order valence-corrected chi connectivity index (χ2v) is 8.77. The molecule has 26 heavy (non-hydrogen) atoms. The topological polar surface area (TPSA) is 97.3 Å². The number of benzene rings is 1. The number of carbonyl (C=O) groups excluding carboxylic acids is 2. The lowest BCUT2D eigenvalue weighted by molar-refractivity contribution is -0.125. The van der Waals surface area contributed by atoms with Crippen molar-refractivity contribution in [2.24, 2.45) is 5.92 Å². The van der Waals surface area contributed by atoms with Gasteiger partial charge in [0.1, 0.15) is 0 Å². The molecule has 3 rings (SSSR count). The van der Waals surface area contributed by atoms with Crippen LogP contribution in [0.3, 0.4) is 0 Å². The first-order valence-corrected chi connectivity index (χ1v) is 10.1. The molecule has 1 atom stereocenters. The Morgan fingerprint density at radius 2 is 1.62 bits per heavy atom. The predicted octanol–water partition coefficient (Wildman–Crippen LogP) is 1.29. The number of amides is 2. The predicted molar refractivity (Wildman–Crippen MR) is 97.6 cm³/mol. The summed E-state index contributed by atoms with van der Waals surface area (Å²) in [6.45, 7) is 4.01. The van der Waals surface area contributed by atoms with Gasteiger partial charge in [-0.1, -0.05) is 0 Å². The third kappa shape index (κ3) is 3.80. The molecule has 2 aromatic rings. The molecule has 8 heteroatoms. The molecular formula is C18H21N3O4S. The number of aryl methyl sites for hydroxylation is 2. The van der Waals surface area contributed by atoms with Crippen LogP contribution in [0.2, 0.25) is 0 Å². The van der Waals surface area contributed by atoms with E-state index in [-0.39, 0.29) is 17.9 Å². The molecule has 1 fully saturated rings. The number of nitrogens with zero attached hydrogens (tertiary/aromatic N) is 1. The molecule has 0 spiro atoms. The average Bonchev–Trinajstić information content (AvgIpc) is 3.14. The summed E-state index contributed by atoms with van der Waals surface area (Å²) in [6, 6.07) is 11.1. The summed E-state index contributed by atoms with van der Waals surface area (Å²) < 4.78 is 24.9. The van der Waals surface area contributed by atoms with Gasteiger partial charge in [-0.2, -0.15) is 0 Å². The van der Waals surface area contributed by atoms with E-state index in [2.05, 4.69) is 15.4 Å². The molecule has 138 valence electrons. The highest BCUT2D eigenvalue weighted by Crippen LogP contribution is 2.18. The molecule has 2 N–H and O–H groups in total. The fourth-order valence-corrected chi connectivity index (χ4v) is 4.87. The molecule has 1 aromatic heterocycles. The normalized spacial score (nSPS) is 18.5. The first kappa shape index (κ1) is 18.2. The standard InChI is InChI=1S/C18H21N3O4S/c1-12-3-4-13(2)21(12)16-7-5-14(6-8-16)17(22)19-20-18(23)15-9-10-26(24,25)11-15/h3-8,15H,9-11H2,1-2H3,(H,19,22)(H,20,23). The van der Waals surface area contributed by atoms with Gasteiger partial charge in [0.15, 0.2) is 9.84 Å². The summed E-state index contributed by atoms with van der Waals surface area (Å²) >= 11 is 0. The highest BCUT2D eigenvalue weighted by Gasteiger charge is 2.33. The van der Waals surface area contributed by atoms with Crippen molar-refractivity contribution in [3.8, 4) is 5.69 Å². The van der Waals surface area contributed by atoms with Crippen LogP contribution >= 0.6 is 0 Å². The maximum Gasteiger partial charge on any atom is 0.269 e. The van der Waals surface area contributed by atoms with Crippen LogP contribution in [0.5, 0.6) is 0 Å².